The summed E-state index contributed by atoms with van der Waals surface area (Å²) in [6.07, 6.45) is 1.88. The average Bonchev–Trinajstić information content (AvgIpc) is 2.61. The van der Waals surface area contributed by atoms with E-state index in [4.69, 9.17) is 18.0 Å². The van der Waals surface area contributed by atoms with Crippen molar-refractivity contribution in [2.75, 3.05) is 20.1 Å². The van der Waals surface area contributed by atoms with Gasteiger partial charge in [0.05, 0.1) is 4.99 Å². The molecule has 0 bridgehead atoms. The van der Waals surface area contributed by atoms with E-state index < -0.39 is 5.54 Å². The summed E-state index contributed by atoms with van der Waals surface area (Å²) >= 11 is 5.12. The first-order valence-electron chi connectivity index (χ1n) is 5.82. The first kappa shape index (κ1) is 12.4. The molecule has 5 nitrogen and oxygen atoms in total. The van der Waals surface area contributed by atoms with Gasteiger partial charge < -0.3 is 10.6 Å². The van der Waals surface area contributed by atoms with Gasteiger partial charge in [-0.1, -0.05) is 12.2 Å². The van der Waals surface area contributed by atoms with Gasteiger partial charge >= 0.3 is 0 Å². The van der Waals surface area contributed by atoms with Gasteiger partial charge in [-0.05, 0) is 19.9 Å². The monoisotopic (exact) mass is 255 g/mol. The number of carbonyl (C=O) groups excluding carboxylic acids is 2. The number of thiocarbonyl (C=S) groups is 1. The van der Waals surface area contributed by atoms with Crippen LogP contribution in [0.25, 0.3) is 0 Å². The predicted molar refractivity (Wildman–Crippen MR) is 67.3 cm³/mol. The zero-order valence-corrected chi connectivity index (χ0v) is 10.8. The molecule has 2 aliphatic rings. The van der Waals surface area contributed by atoms with Crippen LogP contribution < -0.4 is 5.73 Å². The third kappa shape index (κ3) is 1.95. The second-order valence-electron chi connectivity index (χ2n) is 4.82. The molecule has 2 rings (SSSR count). The molecule has 17 heavy (non-hydrogen) atoms. The van der Waals surface area contributed by atoms with Crippen LogP contribution in [0.4, 0.5) is 0 Å². The number of rotatable bonds is 2. The second-order valence-corrected chi connectivity index (χ2v) is 5.26. The molecule has 2 N–H and O–H groups in total. The maximum Gasteiger partial charge on any atom is 0.230 e. The second kappa shape index (κ2) is 4.34. The molecule has 0 aromatic heterocycles. The first-order chi connectivity index (χ1) is 7.97. The number of nitrogens with two attached hydrogens (primary N) is 1. The molecule has 6 heteroatoms. The minimum atomic E-state index is -0.716. The third-order valence-electron chi connectivity index (χ3n) is 3.75. The van der Waals surface area contributed by atoms with E-state index in [0.29, 0.717) is 25.7 Å². The highest BCUT2D eigenvalue weighted by Gasteiger charge is 2.49. The maximum atomic E-state index is 11.9. The van der Waals surface area contributed by atoms with Gasteiger partial charge in [0.2, 0.25) is 11.8 Å². The fraction of sp³-hybridized carbons (Fsp3) is 0.727. The Hall–Kier alpha value is -1.01. The van der Waals surface area contributed by atoms with Gasteiger partial charge in [-0.15, -0.1) is 0 Å². The number of nitrogens with zero attached hydrogens (tertiary/aromatic N) is 2. The lowest BCUT2D eigenvalue weighted by Crippen LogP contribution is -2.62. The van der Waals surface area contributed by atoms with E-state index in [1.165, 1.54) is 4.90 Å². The van der Waals surface area contributed by atoms with Crippen molar-refractivity contribution in [1.82, 2.24) is 9.80 Å². The SMILES string of the molecule is CN1CCC(C(N)=S)(N2C(=O)CCC2=O)CC1. The van der Waals surface area contributed by atoms with Crippen LogP contribution in [0.5, 0.6) is 0 Å². The number of likely N-dealkylation sites (tertiary alicyclic amines) is 2. The summed E-state index contributed by atoms with van der Waals surface area (Å²) in [4.78, 5) is 27.5. The van der Waals surface area contributed by atoms with E-state index in [2.05, 4.69) is 4.90 Å². The number of imide groups is 1. The Morgan fingerprint density at radius 2 is 1.71 bits per heavy atom. The van der Waals surface area contributed by atoms with E-state index in [-0.39, 0.29) is 16.8 Å². The molecule has 0 saturated carbocycles. The predicted octanol–water partition coefficient (Wildman–Crippen LogP) is -0.114. The average molecular weight is 255 g/mol. The number of amides is 2. The maximum absolute atomic E-state index is 11.9. The Morgan fingerprint density at radius 1 is 1.24 bits per heavy atom. The molecule has 94 valence electrons. The van der Waals surface area contributed by atoms with Crippen molar-refractivity contribution in [3.8, 4) is 0 Å². The zero-order valence-electron chi connectivity index (χ0n) is 9.94. The van der Waals surface area contributed by atoms with Crippen LogP contribution in [0.15, 0.2) is 0 Å². The quantitative estimate of drug-likeness (QED) is 0.551. The molecular weight excluding hydrogens is 238 g/mol. The van der Waals surface area contributed by atoms with E-state index in [1.807, 2.05) is 7.05 Å². The molecule has 2 amide bonds. The lowest BCUT2D eigenvalue weighted by atomic mass is 9.85. The molecule has 0 aromatic rings. The lowest BCUT2D eigenvalue weighted by Gasteiger charge is -2.44. The van der Waals surface area contributed by atoms with Crippen LogP contribution in [0.1, 0.15) is 25.7 Å². The van der Waals surface area contributed by atoms with Crippen molar-refractivity contribution in [2.24, 2.45) is 5.73 Å². The van der Waals surface area contributed by atoms with Gasteiger partial charge in [0.25, 0.3) is 0 Å². The Bertz CT molecular complexity index is 359. The number of carbonyl (C=O) groups is 2. The topological polar surface area (TPSA) is 66.6 Å². The van der Waals surface area contributed by atoms with Crippen LogP contribution in [0.2, 0.25) is 0 Å². The minimum Gasteiger partial charge on any atom is -0.391 e. The van der Waals surface area contributed by atoms with Gasteiger partial charge in [0.1, 0.15) is 5.54 Å². The molecule has 2 fully saturated rings. The summed E-state index contributed by atoms with van der Waals surface area (Å²) in [5.74, 6) is -0.264. The first-order valence-corrected chi connectivity index (χ1v) is 6.22. The molecule has 0 spiro atoms. The number of piperidine rings is 1. The van der Waals surface area contributed by atoms with Gasteiger partial charge in [-0.2, -0.15) is 0 Å². The molecule has 0 unspecified atom stereocenters. The van der Waals surface area contributed by atoms with Crippen LogP contribution in [-0.4, -0.2) is 52.3 Å². The normalized spacial score (nSPS) is 25.4. The van der Waals surface area contributed by atoms with Crippen molar-refractivity contribution in [1.29, 1.82) is 0 Å². The van der Waals surface area contributed by atoms with Crippen molar-refractivity contribution in [3.63, 3.8) is 0 Å². The standard InChI is InChI=1S/C11H17N3O2S/c1-13-6-4-11(5-7-13,10(12)17)14-8(15)2-3-9(14)16/h2-7H2,1H3,(H2,12,17). The summed E-state index contributed by atoms with van der Waals surface area (Å²) in [6.45, 7) is 1.60. The van der Waals surface area contributed by atoms with Crippen molar-refractivity contribution < 1.29 is 9.59 Å². The van der Waals surface area contributed by atoms with E-state index >= 15 is 0 Å². The molecular formula is C11H17N3O2S. The summed E-state index contributed by atoms with van der Waals surface area (Å²) in [5.41, 5.74) is 5.10. The number of hydrogen-bond donors (Lipinski definition) is 1. The smallest absolute Gasteiger partial charge is 0.230 e. The molecule has 2 aliphatic heterocycles. The molecule has 0 radical (unpaired) electrons. The van der Waals surface area contributed by atoms with E-state index in [0.717, 1.165) is 13.1 Å². The van der Waals surface area contributed by atoms with Gasteiger partial charge in [-0.3, -0.25) is 14.5 Å². The fourth-order valence-electron chi connectivity index (χ4n) is 2.62. The summed E-state index contributed by atoms with van der Waals surface area (Å²) in [5, 5.41) is 0. The highest BCUT2D eigenvalue weighted by molar-refractivity contribution is 7.80. The largest absolute Gasteiger partial charge is 0.391 e. The van der Waals surface area contributed by atoms with Crippen LogP contribution >= 0.6 is 12.2 Å². The molecule has 0 aromatic carbocycles. The third-order valence-corrected chi connectivity index (χ3v) is 4.13. The molecule has 2 saturated heterocycles. The summed E-state index contributed by atoms with van der Waals surface area (Å²) in [7, 11) is 2.01. The van der Waals surface area contributed by atoms with Crippen LogP contribution in [0.3, 0.4) is 0 Å². The van der Waals surface area contributed by atoms with Gasteiger partial charge in [0.15, 0.2) is 0 Å². The Kier molecular flexibility index (Phi) is 3.18. The Morgan fingerprint density at radius 3 is 2.12 bits per heavy atom. The Labute approximate surface area is 106 Å². The Balaban J connectivity index is 2.31. The van der Waals surface area contributed by atoms with Crippen molar-refractivity contribution in [3.05, 3.63) is 0 Å². The zero-order chi connectivity index (χ0) is 12.6. The molecule has 2 heterocycles. The summed E-state index contributed by atoms with van der Waals surface area (Å²) < 4.78 is 0. The highest BCUT2D eigenvalue weighted by atomic mass is 32.1. The van der Waals surface area contributed by atoms with Crippen molar-refractivity contribution >= 4 is 29.0 Å². The molecule has 0 aliphatic carbocycles. The summed E-state index contributed by atoms with van der Waals surface area (Å²) in [6, 6.07) is 0. The highest BCUT2D eigenvalue weighted by Crippen LogP contribution is 2.33. The van der Waals surface area contributed by atoms with Crippen LogP contribution in [-0.2, 0) is 9.59 Å². The minimum absolute atomic E-state index is 0.132. The van der Waals surface area contributed by atoms with E-state index in [9.17, 15) is 9.59 Å². The molecule has 0 atom stereocenters. The van der Waals surface area contributed by atoms with E-state index in [1.54, 1.807) is 0 Å². The number of hydrogen-bond acceptors (Lipinski definition) is 4. The van der Waals surface area contributed by atoms with Gasteiger partial charge in [0, 0.05) is 25.9 Å². The lowest BCUT2D eigenvalue weighted by molar-refractivity contribution is -0.144. The van der Waals surface area contributed by atoms with Crippen molar-refractivity contribution in [2.45, 2.75) is 31.2 Å². The fourth-order valence-corrected chi connectivity index (χ4v) is 2.92. The van der Waals surface area contributed by atoms with Gasteiger partial charge in [-0.25, -0.2) is 0 Å². The van der Waals surface area contributed by atoms with Crippen LogP contribution in [0, 0.1) is 0 Å².